The van der Waals surface area contributed by atoms with Gasteiger partial charge in [0.25, 0.3) is 5.91 Å². The molecule has 6 heteroatoms. The maximum atomic E-state index is 12.1. The number of carbonyl (C=O) groups is 2. The van der Waals surface area contributed by atoms with Crippen LogP contribution in [-0.4, -0.2) is 23.8 Å². The van der Waals surface area contributed by atoms with Crippen LogP contribution in [0.15, 0.2) is 18.2 Å². The van der Waals surface area contributed by atoms with Gasteiger partial charge in [-0.05, 0) is 43.9 Å². The molecule has 1 aromatic rings. The Morgan fingerprint density at radius 3 is 2.70 bits per heavy atom. The van der Waals surface area contributed by atoms with Gasteiger partial charge in [0.2, 0.25) is 0 Å². The minimum Gasteiger partial charge on any atom is -0.483 e. The molecule has 1 N–H and O–H groups in total. The lowest BCUT2D eigenvalue weighted by atomic mass is 10.00. The van der Waals surface area contributed by atoms with E-state index in [1.165, 1.54) is 6.07 Å². The molecule has 1 aliphatic rings. The predicted octanol–water partition coefficient (Wildman–Crippen LogP) is 3.26. The first-order valence-corrected chi connectivity index (χ1v) is 8.05. The first kappa shape index (κ1) is 17.3. The molecule has 1 aromatic carbocycles. The van der Waals surface area contributed by atoms with Gasteiger partial charge in [0.1, 0.15) is 11.3 Å². The standard InChI is InChI=1S/C17H19ClN2O3/c1-2-14(21)13-9-12(18)5-6-15(13)23-10-16(22)20-17(11-19)7-3-4-8-17/h5-6,9H,2-4,7-8,10H2,1H3,(H,20,22). The van der Waals surface area contributed by atoms with Gasteiger partial charge in [-0.1, -0.05) is 18.5 Å². The Balaban J connectivity index is 2.02. The Bertz CT molecular complexity index is 646. The molecule has 0 atom stereocenters. The number of carbonyl (C=O) groups excluding carboxylic acids is 2. The number of benzene rings is 1. The van der Waals surface area contributed by atoms with Crippen LogP contribution in [0.1, 0.15) is 49.4 Å². The molecule has 122 valence electrons. The minimum absolute atomic E-state index is 0.104. The minimum atomic E-state index is -0.775. The van der Waals surface area contributed by atoms with E-state index in [0.717, 1.165) is 12.8 Å². The van der Waals surface area contributed by atoms with Crippen LogP contribution in [0.3, 0.4) is 0 Å². The molecule has 0 heterocycles. The van der Waals surface area contributed by atoms with Crippen LogP contribution in [0.25, 0.3) is 0 Å². The summed E-state index contributed by atoms with van der Waals surface area (Å²) in [5.41, 5.74) is -0.411. The van der Waals surface area contributed by atoms with E-state index >= 15 is 0 Å². The van der Waals surface area contributed by atoms with Crippen molar-refractivity contribution in [3.63, 3.8) is 0 Å². The molecule has 0 bridgehead atoms. The van der Waals surface area contributed by atoms with Gasteiger partial charge in [-0.15, -0.1) is 0 Å². The highest BCUT2D eigenvalue weighted by molar-refractivity contribution is 6.31. The maximum Gasteiger partial charge on any atom is 0.259 e. The van der Waals surface area contributed by atoms with Gasteiger partial charge in [0.05, 0.1) is 11.6 Å². The summed E-state index contributed by atoms with van der Waals surface area (Å²) in [6.07, 6.45) is 3.51. The third-order valence-corrected chi connectivity index (χ3v) is 4.21. The Labute approximate surface area is 140 Å². The molecule has 1 aliphatic carbocycles. The summed E-state index contributed by atoms with van der Waals surface area (Å²) in [6.45, 7) is 1.51. The van der Waals surface area contributed by atoms with Gasteiger partial charge < -0.3 is 10.1 Å². The van der Waals surface area contributed by atoms with E-state index in [9.17, 15) is 14.9 Å². The van der Waals surface area contributed by atoms with E-state index in [2.05, 4.69) is 11.4 Å². The van der Waals surface area contributed by atoms with Crippen molar-refractivity contribution in [3.05, 3.63) is 28.8 Å². The molecule has 1 fully saturated rings. The number of Topliss-reactive ketones (excluding diaryl/α,β-unsaturated/α-hetero) is 1. The molecule has 0 radical (unpaired) electrons. The van der Waals surface area contributed by atoms with Crippen molar-refractivity contribution in [2.24, 2.45) is 0 Å². The lowest BCUT2D eigenvalue weighted by Crippen LogP contribution is -2.47. The molecule has 0 unspecified atom stereocenters. The SMILES string of the molecule is CCC(=O)c1cc(Cl)ccc1OCC(=O)NC1(C#N)CCCC1. The zero-order valence-electron chi connectivity index (χ0n) is 13.0. The summed E-state index contributed by atoms with van der Waals surface area (Å²) in [4.78, 5) is 24.0. The summed E-state index contributed by atoms with van der Waals surface area (Å²) >= 11 is 5.91. The quantitative estimate of drug-likeness (QED) is 0.810. The molecule has 0 saturated heterocycles. The normalized spacial score (nSPS) is 15.7. The second-order valence-electron chi connectivity index (χ2n) is 5.66. The van der Waals surface area contributed by atoms with E-state index in [4.69, 9.17) is 16.3 Å². The summed E-state index contributed by atoms with van der Waals surface area (Å²) in [6, 6.07) is 6.91. The van der Waals surface area contributed by atoms with Crippen molar-refractivity contribution in [2.45, 2.75) is 44.6 Å². The van der Waals surface area contributed by atoms with E-state index < -0.39 is 5.54 Å². The highest BCUT2D eigenvalue weighted by Crippen LogP contribution is 2.29. The Kier molecular flexibility index (Phi) is 5.62. The maximum absolute atomic E-state index is 12.1. The van der Waals surface area contributed by atoms with Gasteiger partial charge >= 0.3 is 0 Å². The molecule has 0 aromatic heterocycles. The van der Waals surface area contributed by atoms with Crippen molar-refractivity contribution in [2.75, 3.05) is 6.61 Å². The lowest BCUT2D eigenvalue weighted by molar-refractivity contribution is -0.124. The number of nitrogens with one attached hydrogen (secondary N) is 1. The number of amides is 1. The van der Waals surface area contributed by atoms with Crippen LogP contribution in [0.4, 0.5) is 0 Å². The third kappa shape index (κ3) is 4.23. The van der Waals surface area contributed by atoms with Crippen molar-refractivity contribution in [3.8, 4) is 11.8 Å². The van der Waals surface area contributed by atoms with Crippen LogP contribution in [0, 0.1) is 11.3 Å². The number of rotatable bonds is 6. The topological polar surface area (TPSA) is 79.2 Å². The van der Waals surface area contributed by atoms with Gasteiger partial charge in [-0.3, -0.25) is 9.59 Å². The van der Waals surface area contributed by atoms with Crippen LogP contribution in [0.2, 0.25) is 5.02 Å². The first-order valence-electron chi connectivity index (χ1n) is 7.67. The van der Waals surface area contributed by atoms with Gasteiger partial charge in [-0.25, -0.2) is 0 Å². The predicted molar refractivity (Wildman–Crippen MR) is 86.5 cm³/mol. The summed E-state index contributed by atoms with van der Waals surface area (Å²) < 4.78 is 5.48. The Morgan fingerprint density at radius 1 is 1.39 bits per heavy atom. The summed E-state index contributed by atoms with van der Waals surface area (Å²) in [5.74, 6) is -0.140. The fraction of sp³-hybridized carbons (Fsp3) is 0.471. The number of hydrogen-bond acceptors (Lipinski definition) is 4. The third-order valence-electron chi connectivity index (χ3n) is 3.97. The lowest BCUT2D eigenvalue weighted by Gasteiger charge is -2.22. The number of hydrogen-bond donors (Lipinski definition) is 1. The molecule has 0 spiro atoms. The highest BCUT2D eigenvalue weighted by Gasteiger charge is 2.35. The largest absolute Gasteiger partial charge is 0.483 e. The Hall–Kier alpha value is -2.06. The molecule has 1 saturated carbocycles. The van der Waals surface area contributed by atoms with Crippen LogP contribution in [0.5, 0.6) is 5.75 Å². The van der Waals surface area contributed by atoms with E-state index in [1.54, 1.807) is 19.1 Å². The van der Waals surface area contributed by atoms with Gasteiger partial charge in [0.15, 0.2) is 12.4 Å². The van der Waals surface area contributed by atoms with Crippen molar-refractivity contribution in [1.29, 1.82) is 5.26 Å². The first-order chi connectivity index (χ1) is 11.0. The van der Waals surface area contributed by atoms with Crippen molar-refractivity contribution < 1.29 is 14.3 Å². The zero-order chi connectivity index (χ0) is 16.9. The number of ether oxygens (including phenoxy) is 1. The van der Waals surface area contributed by atoms with Crippen LogP contribution in [-0.2, 0) is 4.79 Å². The van der Waals surface area contributed by atoms with Crippen molar-refractivity contribution >= 4 is 23.3 Å². The number of ketones is 1. The van der Waals surface area contributed by atoms with Crippen LogP contribution < -0.4 is 10.1 Å². The van der Waals surface area contributed by atoms with E-state index in [0.29, 0.717) is 35.6 Å². The molecular formula is C17H19ClN2O3. The molecule has 2 rings (SSSR count). The summed E-state index contributed by atoms with van der Waals surface area (Å²) in [5, 5.41) is 12.5. The molecule has 23 heavy (non-hydrogen) atoms. The monoisotopic (exact) mass is 334 g/mol. The van der Waals surface area contributed by atoms with Gasteiger partial charge in [0, 0.05) is 11.4 Å². The Morgan fingerprint density at radius 2 is 2.09 bits per heavy atom. The average Bonchev–Trinajstić information content (AvgIpc) is 3.01. The molecule has 5 nitrogen and oxygen atoms in total. The second-order valence-corrected chi connectivity index (χ2v) is 6.09. The second kappa shape index (κ2) is 7.47. The number of nitriles is 1. The highest BCUT2D eigenvalue weighted by atomic mass is 35.5. The molecular weight excluding hydrogens is 316 g/mol. The molecule has 0 aliphatic heterocycles. The number of halogens is 1. The van der Waals surface area contributed by atoms with Crippen LogP contribution >= 0.6 is 11.6 Å². The average molecular weight is 335 g/mol. The van der Waals surface area contributed by atoms with Gasteiger partial charge in [-0.2, -0.15) is 5.26 Å². The van der Waals surface area contributed by atoms with E-state index in [1.807, 2.05) is 0 Å². The zero-order valence-corrected chi connectivity index (χ0v) is 13.8. The van der Waals surface area contributed by atoms with E-state index in [-0.39, 0.29) is 18.3 Å². The smallest absolute Gasteiger partial charge is 0.259 e. The van der Waals surface area contributed by atoms with Crippen molar-refractivity contribution in [1.82, 2.24) is 5.32 Å². The number of nitrogens with zero attached hydrogens (tertiary/aromatic N) is 1. The summed E-state index contributed by atoms with van der Waals surface area (Å²) in [7, 11) is 0. The molecule has 1 amide bonds. The fourth-order valence-electron chi connectivity index (χ4n) is 2.73. The fourth-order valence-corrected chi connectivity index (χ4v) is 2.90.